The second-order valence-electron chi connectivity index (χ2n) is 4.92. The summed E-state index contributed by atoms with van der Waals surface area (Å²) in [5.74, 6) is -0.0856. The van der Waals surface area contributed by atoms with Crippen LogP contribution < -0.4 is 0 Å². The van der Waals surface area contributed by atoms with Crippen molar-refractivity contribution in [3.05, 3.63) is 28.5 Å². The van der Waals surface area contributed by atoms with Crippen LogP contribution in [0.25, 0.3) is 0 Å². The number of aromatic nitrogens is 1. The predicted molar refractivity (Wildman–Crippen MR) is 65.2 cm³/mol. The molecule has 1 aliphatic rings. The van der Waals surface area contributed by atoms with Crippen molar-refractivity contribution in [2.45, 2.75) is 25.9 Å². The third-order valence-electron chi connectivity index (χ3n) is 2.65. The van der Waals surface area contributed by atoms with E-state index in [1.807, 2.05) is 0 Å². The molecule has 0 radical (unpaired) electrons. The molecule has 0 bridgehead atoms. The van der Waals surface area contributed by atoms with Crippen molar-refractivity contribution in [1.29, 1.82) is 0 Å². The van der Waals surface area contributed by atoms with Crippen LogP contribution in [-0.4, -0.2) is 39.6 Å². The Morgan fingerprint density at radius 2 is 2.24 bits per heavy atom. The standard InChI is InChI=1S/C12H15ClN2O2/c1-12(2,17)7-15-6-5-9-8(11(15)16)3-4-10(13)14-9/h3-4,17H,5-7H2,1-2H3. The fraction of sp³-hybridized carbons (Fsp3) is 0.500. The van der Waals surface area contributed by atoms with E-state index in [1.165, 1.54) is 0 Å². The number of rotatable bonds is 2. The molecule has 0 aromatic carbocycles. The van der Waals surface area contributed by atoms with Crippen LogP contribution in [0.3, 0.4) is 0 Å². The normalized spacial score (nSPS) is 16.0. The number of aliphatic hydroxyl groups is 1. The molecular formula is C12H15ClN2O2. The fourth-order valence-electron chi connectivity index (χ4n) is 1.99. The summed E-state index contributed by atoms with van der Waals surface area (Å²) in [5, 5.41) is 10.2. The van der Waals surface area contributed by atoms with E-state index in [9.17, 15) is 9.90 Å². The number of hydrogen-bond acceptors (Lipinski definition) is 3. The summed E-state index contributed by atoms with van der Waals surface area (Å²) in [6, 6.07) is 3.31. The summed E-state index contributed by atoms with van der Waals surface area (Å²) < 4.78 is 0. The lowest BCUT2D eigenvalue weighted by Crippen LogP contribution is -2.45. The van der Waals surface area contributed by atoms with Crippen molar-refractivity contribution < 1.29 is 9.90 Å². The summed E-state index contributed by atoms with van der Waals surface area (Å²) in [6.07, 6.45) is 0.678. The molecule has 0 aliphatic carbocycles. The van der Waals surface area contributed by atoms with E-state index in [0.717, 1.165) is 5.69 Å². The van der Waals surface area contributed by atoms with Crippen LogP contribution in [0.1, 0.15) is 29.9 Å². The lowest BCUT2D eigenvalue weighted by atomic mass is 10.0. The molecule has 0 atom stereocenters. The molecule has 2 heterocycles. The van der Waals surface area contributed by atoms with E-state index < -0.39 is 5.60 Å². The van der Waals surface area contributed by atoms with Gasteiger partial charge in [0.25, 0.3) is 5.91 Å². The van der Waals surface area contributed by atoms with Gasteiger partial charge in [-0.1, -0.05) is 11.6 Å². The molecule has 1 aliphatic heterocycles. The lowest BCUT2D eigenvalue weighted by molar-refractivity contribution is 0.0286. The van der Waals surface area contributed by atoms with Gasteiger partial charge in [0.1, 0.15) is 5.15 Å². The van der Waals surface area contributed by atoms with E-state index in [-0.39, 0.29) is 5.91 Å². The van der Waals surface area contributed by atoms with Crippen molar-refractivity contribution in [3.63, 3.8) is 0 Å². The summed E-state index contributed by atoms with van der Waals surface area (Å²) in [4.78, 5) is 17.9. The Labute approximate surface area is 105 Å². The van der Waals surface area contributed by atoms with Gasteiger partial charge in [0, 0.05) is 19.5 Å². The Kier molecular flexibility index (Phi) is 3.10. The molecule has 1 aromatic rings. The van der Waals surface area contributed by atoms with Gasteiger partial charge in [0.05, 0.1) is 16.9 Å². The maximum absolute atomic E-state index is 12.1. The average Bonchev–Trinajstić information content (AvgIpc) is 2.20. The Bertz CT molecular complexity index is 454. The van der Waals surface area contributed by atoms with E-state index in [2.05, 4.69) is 4.98 Å². The van der Waals surface area contributed by atoms with Crippen LogP contribution in [0, 0.1) is 0 Å². The van der Waals surface area contributed by atoms with Gasteiger partial charge in [-0.3, -0.25) is 4.79 Å². The molecule has 0 saturated heterocycles. The molecule has 0 spiro atoms. The molecule has 0 unspecified atom stereocenters. The van der Waals surface area contributed by atoms with Gasteiger partial charge in [-0.15, -0.1) is 0 Å². The minimum absolute atomic E-state index is 0.0856. The van der Waals surface area contributed by atoms with Crippen molar-refractivity contribution in [2.24, 2.45) is 0 Å². The van der Waals surface area contributed by atoms with Crippen LogP contribution >= 0.6 is 11.6 Å². The van der Waals surface area contributed by atoms with Crippen LogP contribution in [0.5, 0.6) is 0 Å². The molecular weight excluding hydrogens is 240 g/mol. The summed E-state index contributed by atoms with van der Waals surface area (Å²) in [6.45, 7) is 4.28. The quantitative estimate of drug-likeness (QED) is 0.814. The van der Waals surface area contributed by atoms with Gasteiger partial charge in [0.15, 0.2) is 0 Å². The molecule has 0 saturated carbocycles. The van der Waals surface area contributed by atoms with Crippen LogP contribution in [0.4, 0.5) is 0 Å². The molecule has 2 rings (SSSR count). The average molecular weight is 255 g/mol. The second-order valence-corrected chi connectivity index (χ2v) is 5.30. The zero-order chi connectivity index (χ0) is 12.6. The van der Waals surface area contributed by atoms with Crippen molar-refractivity contribution in [2.75, 3.05) is 13.1 Å². The van der Waals surface area contributed by atoms with Gasteiger partial charge in [0.2, 0.25) is 0 Å². The first kappa shape index (κ1) is 12.3. The van der Waals surface area contributed by atoms with Gasteiger partial charge in [-0.2, -0.15) is 0 Å². The zero-order valence-electron chi connectivity index (χ0n) is 9.90. The lowest BCUT2D eigenvalue weighted by Gasteiger charge is -2.32. The number of amides is 1. The predicted octanol–water partition coefficient (Wildman–Crippen LogP) is 1.50. The third kappa shape index (κ3) is 2.76. The molecule has 1 aromatic heterocycles. The van der Waals surface area contributed by atoms with Gasteiger partial charge in [-0.05, 0) is 26.0 Å². The number of β-amino-alcohol motifs (C(OH)–C–C–N with tert-alkyl or cyclic N) is 1. The number of fused-ring (bicyclic) bond motifs is 1. The first-order valence-electron chi connectivity index (χ1n) is 5.54. The number of halogens is 1. The van der Waals surface area contributed by atoms with Crippen LogP contribution in [-0.2, 0) is 6.42 Å². The number of hydrogen-bond donors (Lipinski definition) is 1. The third-order valence-corrected chi connectivity index (χ3v) is 2.86. The smallest absolute Gasteiger partial charge is 0.255 e. The fourth-order valence-corrected chi connectivity index (χ4v) is 2.16. The Balaban J connectivity index is 2.25. The van der Waals surface area contributed by atoms with E-state index in [4.69, 9.17) is 11.6 Å². The first-order valence-corrected chi connectivity index (χ1v) is 5.92. The van der Waals surface area contributed by atoms with Gasteiger partial charge < -0.3 is 10.0 Å². The molecule has 5 heteroatoms. The number of nitrogens with zero attached hydrogens (tertiary/aromatic N) is 2. The van der Waals surface area contributed by atoms with E-state index >= 15 is 0 Å². The summed E-state index contributed by atoms with van der Waals surface area (Å²) >= 11 is 5.79. The Morgan fingerprint density at radius 1 is 1.53 bits per heavy atom. The molecule has 0 fully saturated rings. The van der Waals surface area contributed by atoms with Crippen molar-refractivity contribution in [3.8, 4) is 0 Å². The number of carbonyl (C=O) groups excluding carboxylic acids is 1. The molecule has 92 valence electrons. The minimum Gasteiger partial charge on any atom is -0.389 e. The molecule has 4 nitrogen and oxygen atoms in total. The van der Waals surface area contributed by atoms with Crippen LogP contribution in [0.2, 0.25) is 5.15 Å². The topological polar surface area (TPSA) is 53.4 Å². The SMILES string of the molecule is CC(C)(O)CN1CCc2nc(Cl)ccc2C1=O. The molecule has 1 amide bonds. The maximum Gasteiger partial charge on any atom is 0.255 e. The number of pyridine rings is 1. The summed E-state index contributed by atoms with van der Waals surface area (Å²) in [5.41, 5.74) is 0.451. The molecule has 17 heavy (non-hydrogen) atoms. The Hall–Kier alpha value is -1.13. The van der Waals surface area contributed by atoms with Gasteiger partial charge >= 0.3 is 0 Å². The second kappa shape index (κ2) is 4.27. The van der Waals surface area contributed by atoms with Crippen molar-refractivity contribution in [1.82, 2.24) is 9.88 Å². The first-order chi connectivity index (χ1) is 7.87. The largest absolute Gasteiger partial charge is 0.389 e. The van der Waals surface area contributed by atoms with E-state index in [1.54, 1.807) is 30.9 Å². The number of carbonyl (C=O) groups is 1. The Morgan fingerprint density at radius 3 is 2.88 bits per heavy atom. The van der Waals surface area contributed by atoms with Crippen LogP contribution in [0.15, 0.2) is 12.1 Å². The molecule has 1 N–H and O–H groups in total. The zero-order valence-corrected chi connectivity index (χ0v) is 10.7. The highest BCUT2D eigenvalue weighted by Crippen LogP contribution is 2.20. The van der Waals surface area contributed by atoms with Gasteiger partial charge in [-0.25, -0.2) is 4.98 Å². The highest BCUT2D eigenvalue weighted by molar-refractivity contribution is 6.29. The van der Waals surface area contributed by atoms with Crippen molar-refractivity contribution >= 4 is 17.5 Å². The minimum atomic E-state index is -0.882. The van der Waals surface area contributed by atoms with E-state index in [0.29, 0.717) is 30.2 Å². The summed E-state index contributed by atoms with van der Waals surface area (Å²) in [7, 11) is 0. The maximum atomic E-state index is 12.1. The highest BCUT2D eigenvalue weighted by Gasteiger charge is 2.29. The highest BCUT2D eigenvalue weighted by atomic mass is 35.5. The monoisotopic (exact) mass is 254 g/mol.